The van der Waals surface area contributed by atoms with Gasteiger partial charge in [0.25, 0.3) is 0 Å². The van der Waals surface area contributed by atoms with Crippen molar-refractivity contribution in [3.05, 3.63) is 47.2 Å². The van der Waals surface area contributed by atoms with E-state index < -0.39 is 0 Å². The summed E-state index contributed by atoms with van der Waals surface area (Å²) < 4.78 is 10.5. The summed E-state index contributed by atoms with van der Waals surface area (Å²) in [6, 6.07) is 8.81. The normalized spacial score (nSPS) is 16.6. The van der Waals surface area contributed by atoms with Gasteiger partial charge in [0.15, 0.2) is 0 Å². The molecular weight excluding hydrogens is 356 g/mol. The van der Waals surface area contributed by atoms with Gasteiger partial charge in [-0.25, -0.2) is 4.98 Å². The van der Waals surface area contributed by atoms with Gasteiger partial charge >= 0.3 is 6.01 Å². The van der Waals surface area contributed by atoms with Crippen molar-refractivity contribution in [2.75, 3.05) is 38.3 Å². The van der Waals surface area contributed by atoms with Gasteiger partial charge in [-0.3, -0.25) is 14.6 Å². The molecule has 2 aliphatic heterocycles. The van der Waals surface area contributed by atoms with E-state index in [1.54, 1.807) is 18.2 Å². The number of carbonyl (C=O) groups is 1. The molecule has 0 radical (unpaired) electrons. The van der Waals surface area contributed by atoms with Crippen LogP contribution < -0.4 is 9.64 Å². The van der Waals surface area contributed by atoms with Gasteiger partial charge in [-0.05, 0) is 37.1 Å². The van der Waals surface area contributed by atoms with Crippen molar-refractivity contribution in [3.8, 4) is 6.01 Å². The molecule has 0 aliphatic carbocycles. The third-order valence-corrected chi connectivity index (χ3v) is 5.21. The van der Waals surface area contributed by atoms with E-state index in [4.69, 9.17) is 9.47 Å². The second kappa shape index (κ2) is 8.67. The van der Waals surface area contributed by atoms with Crippen LogP contribution in [-0.2, 0) is 29.0 Å². The zero-order valence-electron chi connectivity index (χ0n) is 16.3. The zero-order valence-corrected chi connectivity index (χ0v) is 16.3. The Morgan fingerprint density at radius 2 is 1.75 bits per heavy atom. The van der Waals surface area contributed by atoms with Crippen molar-refractivity contribution in [2.45, 2.75) is 32.4 Å². The largest absolute Gasteiger partial charge is 0.461 e. The fourth-order valence-electron chi connectivity index (χ4n) is 3.70. The smallest absolute Gasteiger partial charge is 0.318 e. The number of aromatic nitrogens is 2. The highest BCUT2D eigenvalue weighted by atomic mass is 16.5. The fourth-order valence-corrected chi connectivity index (χ4v) is 3.70. The van der Waals surface area contributed by atoms with Crippen LogP contribution in [0.15, 0.2) is 30.5 Å². The molecule has 1 aromatic heterocycles. The first-order valence-electron chi connectivity index (χ1n) is 9.81. The first-order chi connectivity index (χ1) is 13.7. The van der Waals surface area contributed by atoms with Crippen molar-refractivity contribution in [1.82, 2.24) is 14.9 Å². The monoisotopic (exact) mass is 382 g/mol. The number of benzene rings is 1. The lowest BCUT2D eigenvalue weighted by Crippen LogP contribution is -2.26. The quantitative estimate of drug-likeness (QED) is 0.652. The maximum absolute atomic E-state index is 12.5. The Bertz CT molecular complexity index is 819. The standard InChI is InChI=1S/C21H26N4O3/c1-27-10-11-28-21-22-13-18-12-19(26)25(20(18)23-21)15-17-6-4-16(5-7-17)14-24-8-2-3-9-24/h4-7,13H,2-3,8-12,14-15H2,1H3. The molecule has 1 aromatic carbocycles. The molecule has 1 saturated heterocycles. The van der Waals surface area contributed by atoms with E-state index in [1.807, 2.05) is 0 Å². The zero-order chi connectivity index (χ0) is 19.3. The average molecular weight is 382 g/mol. The molecule has 0 N–H and O–H groups in total. The molecule has 7 nitrogen and oxygen atoms in total. The predicted molar refractivity (Wildman–Crippen MR) is 105 cm³/mol. The molecule has 4 rings (SSSR count). The van der Waals surface area contributed by atoms with Crippen molar-refractivity contribution in [2.24, 2.45) is 0 Å². The molecule has 7 heteroatoms. The SMILES string of the molecule is COCCOc1ncc2c(n1)N(Cc1ccc(CN3CCCC3)cc1)C(=O)C2. The van der Waals surface area contributed by atoms with Crippen LogP contribution in [0.4, 0.5) is 5.82 Å². The fraction of sp³-hybridized carbons (Fsp3) is 0.476. The highest BCUT2D eigenvalue weighted by Gasteiger charge is 2.30. The molecule has 2 aromatic rings. The Kier molecular flexibility index (Phi) is 5.83. The minimum atomic E-state index is 0.0412. The van der Waals surface area contributed by atoms with E-state index in [1.165, 1.54) is 31.5 Å². The maximum Gasteiger partial charge on any atom is 0.318 e. The van der Waals surface area contributed by atoms with Gasteiger partial charge in [0, 0.05) is 25.4 Å². The molecule has 1 amide bonds. The van der Waals surface area contributed by atoms with Gasteiger partial charge in [0.05, 0.1) is 19.6 Å². The van der Waals surface area contributed by atoms with Crippen LogP contribution in [0, 0.1) is 0 Å². The lowest BCUT2D eigenvalue weighted by Gasteiger charge is -2.18. The van der Waals surface area contributed by atoms with Crippen LogP contribution in [0.5, 0.6) is 6.01 Å². The van der Waals surface area contributed by atoms with E-state index in [0.29, 0.717) is 32.0 Å². The van der Waals surface area contributed by atoms with Crippen molar-refractivity contribution < 1.29 is 14.3 Å². The van der Waals surface area contributed by atoms with E-state index >= 15 is 0 Å². The van der Waals surface area contributed by atoms with E-state index in [9.17, 15) is 4.79 Å². The number of amides is 1. The van der Waals surface area contributed by atoms with Crippen LogP contribution in [0.2, 0.25) is 0 Å². The molecule has 3 heterocycles. The van der Waals surface area contributed by atoms with Gasteiger partial charge in [-0.2, -0.15) is 4.98 Å². The number of nitrogens with zero attached hydrogens (tertiary/aromatic N) is 4. The topological polar surface area (TPSA) is 67.8 Å². The second-order valence-electron chi connectivity index (χ2n) is 7.30. The third kappa shape index (κ3) is 4.31. The van der Waals surface area contributed by atoms with Crippen molar-refractivity contribution in [3.63, 3.8) is 0 Å². The van der Waals surface area contributed by atoms with Crippen LogP contribution in [0.3, 0.4) is 0 Å². The number of fused-ring (bicyclic) bond motifs is 1. The predicted octanol–water partition coefficient (Wildman–Crippen LogP) is 2.19. The Morgan fingerprint density at radius 3 is 2.46 bits per heavy atom. The Morgan fingerprint density at radius 1 is 1.04 bits per heavy atom. The summed E-state index contributed by atoms with van der Waals surface area (Å²) in [5.74, 6) is 0.688. The Hall–Kier alpha value is -2.51. The highest BCUT2D eigenvalue weighted by molar-refractivity contribution is 6.00. The number of methoxy groups -OCH3 is 1. The summed E-state index contributed by atoms with van der Waals surface area (Å²) in [5.41, 5.74) is 3.25. The van der Waals surface area contributed by atoms with Crippen LogP contribution in [-0.4, -0.2) is 54.2 Å². The van der Waals surface area contributed by atoms with E-state index in [0.717, 1.165) is 17.7 Å². The van der Waals surface area contributed by atoms with Crippen LogP contribution >= 0.6 is 0 Å². The Labute approximate surface area is 165 Å². The number of carbonyl (C=O) groups excluding carboxylic acids is 1. The molecule has 0 bridgehead atoms. The molecule has 0 unspecified atom stereocenters. The van der Waals surface area contributed by atoms with Crippen LogP contribution in [0.25, 0.3) is 0 Å². The minimum Gasteiger partial charge on any atom is -0.461 e. The van der Waals surface area contributed by atoms with Gasteiger partial charge in [0.1, 0.15) is 12.4 Å². The van der Waals surface area contributed by atoms with Gasteiger partial charge in [-0.1, -0.05) is 24.3 Å². The molecule has 0 spiro atoms. The summed E-state index contributed by atoms with van der Waals surface area (Å²) >= 11 is 0. The summed E-state index contributed by atoms with van der Waals surface area (Å²) in [7, 11) is 1.61. The average Bonchev–Trinajstić information content (AvgIpc) is 3.32. The molecular formula is C21H26N4O3. The number of rotatable bonds is 8. The van der Waals surface area contributed by atoms with Gasteiger partial charge in [0.2, 0.25) is 5.91 Å². The lowest BCUT2D eigenvalue weighted by molar-refractivity contribution is -0.117. The molecule has 148 valence electrons. The molecule has 28 heavy (non-hydrogen) atoms. The van der Waals surface area contributed by atoms with Crippen molar-refractivity contribution >= 4 is 11.7 Å². The molecule has 0 saturated carbocycles. The second-order valence-corrected chi connectivity index (χ2v) is 7.30. The summed E-state index contributed by atoms with van der Waals surface area (Å²) in [6.07, 6.45) is 4.61. The summed E-state index contributed by atoms with van der Waals surface area (Å²) in [5, 5.41) is 0. The van der Waals surface area contributed by atoms with Crippen LogP contribution in [0.1, 0.15) is 29.5 Å². The number of hydrogen-bond acceptors (Lipinski definition) is 6. The summed E-state index contributed by atoms with van der Waals surface area (Å²) in [4.78, 5) is 25.3. The lowest BCUT2D eigenvalue weighted by atomic mass is 10.1. The number of hydrogen-bond donors (Lipinski definition) is 0. The minimum absolute atomic E-state index is 0.0412. The first kappa shape index (κ1) is 18.8. The number of ether oxygens (including phenoxy) is 2. The third-order valence-electron chi connectivity index (χ3n) is 5.21. The molecule has 1 fully saturated rings. The Balaban J connectivity index is 1.43. The van der Waals surface area contributed by atoms with Gasteiger partial charge < -0.3 is 9.47 Å². The number of anilines is 1. The molecule has 0 atom stereocenters. The number of likely N-dealkylation sites (tertiary alicyclic amines) is 1. The maximum atomic E-state index is 12.5. The van der Waals surface area contributed by atoms with E-state index in [2.05, 4.69) is 39.1 Å². The highest BCUT2D eigenvalue weighted by Crippen LogP contribution is 2.29. The molecule has 2 aliphatic rings. The van der Waals surface area contributed by atoms with Gasteiger partial charge in [-0.15, -0.1) is 0 Å². The van der Waals surface area contributed by atoms with Crippen molar-refractivity contribution in [1.29, 1.82) is 0 Å². The summed E-state index contributed by atoms with van der Waals surface area (Å²) in [6.45, 7) is 4.73. The van der Waals surface area contributed by atoms with E-state index in [-0.39, 0.29) is 11.9 Å². The first-order valence-corrected chi connectivity index (χ1v) is 9.81.